The van der Waals surface area contributed by atoms with Crippen LogP contribution in [0.3, 0.4) is 0 Å². The third-order valence-electron chi connectivity index (χ3n) is 2.70. The van der Waals surface area contributed by atoms with Gasteiger partial charge in [0.25, 0.3) is 15.7 Å². The Bertz CT molecular complexity index is 787. The minimum Gasteiger partial charge on any atom is -0.384 e. The second-order valence-corrected chi connectivity index (χ2v) is 5.88. The zero-order valence-electron chi connectivity index (χ0n) is 11.0. The molecule has 0 spiro atoms. The molecule has 0 saturated heterocycles. The Hall–Kier alpha value is -2.68. The maximum atomic E-state index is 12.4. The lowest BCUT2D eigenvalue weighted by molar-refractivity contribution is -0.387. The van der Waals surface area contributed by atoms with Crippen LogP contribution in [0.15, 0.2) is 41.4 Å². The summed E-state index contributed by atoms with van der Waals surface area (Å²) in [6.07, 6.45) is 1.23. The predicted octanol–water partition coefficient (Wildman–Crippen LogP) is 1.68. The number of hydrogen-bond donors (Lipinski definition) is 2. The second kappa shape index (κ2) is 5.37. The zero-order chi connectivity index (χ0) is 15.6. The number of anilines is 2. The average Bonchev–Trinajstić information content (AvgIpc) is 2.40. The van der Waals surface area contributed by atoms with Crippen LogP contribution in [0.2, 0.25) is 0 Å². The molecule has 0 aliphatic heterocycles. The van der Waals surface area contributed by atoms with Crippen LogP contribution in [0.1, 0.15) is 5.56 Å². The topological polar surface area (TPSA) is 128 Å². The van der Waals surface area contributed by atoms with Gasteiger partial charge in [-0.1, -0.05) is 12.1 Å². The highest BCUT2D eigenvalue weighted by Crippen LogP contribution is 2.28. The molecule has 1 heterocycles. The molecule has 0 amide bonds. The molecule has 0 saturated carbocycles. The first-order valence-corrected chi connectivity index (χ1v) is 7.28. The van der Waals surface area contributed by atoms with Gasteiger partial charge in [0, 0.05) is 6.07 Å². The van der Waals surface area contributed by atoms with Gasteiger partial charge >= 0.3 is 0 Å². The highest BCUT2D eigenvalue weighted by Gasteiger charge is 2.27. The maximum absolute atomic E-state index is 12.4. The van der Waals surface area contributed by atoms with E-state index in [1.165, 1.54) is 37.4 Å². The van der Waals surface area contributed by atoms with E-state index in [0.29, 0.717) is 0 Å². The third kappa shape index (κ3) is 3.08. The highest BCUT2D eigenvalue weighted by atomic mass is 32.2. The molecule has 110 valence electrons. The number of nitro benzene ring substituents is 1. The summed E-state index contributed by atoms with van der Waals surface area (Å²) in [7, 11) is -4.11. The van der Waals surface area contributed by atoms with Crippen molar-refractivity contribution in [3.05, 3.63) is 52.2 Å². The molecule has 1 aromatic heterocycles. The first kappa shape index (κ1) is 14.7. The van der Waals surface area contributed by atoms with E-state index in [0.717, 1.165) is 6.07 Å². The number of nitrogen functional groups attached to an aromatic ring is 1. The molecule has 1 aromatic carbocycles. The molecule has 0 fully saturated rings. The van der Waals surface area contributed by atoms with Crippen molar-refractivity contribution in [2.75, 3.05) is 10.5 Å². The van der Waals surface area contributed by atoms with Gasteiger partial charge in [-0.25, -0.2) is 13.4 Å². The van der Waals surface area contributed by atoms with Gasteiger partial charge in [0.1, 0.15) is 5.82 Å². The molecular weight excluding hydrogens is 296 g/mol. The number of pyridine rings is 1. The molecule has 0 unspecified atom stereocenters. The number of nitrogens with one attached hydrogen (secondary N) is 1. The quantitative estimate of drug-likeness (QED) is 0.653. The van der Waals surface area contributed by atoms with Gasteiger partial charge in [0.2, 0.25) is 0 Å². The van der Waals surface area contributed by atoms with Crippen molar-refractivity contribution < 1.29 is 13.3 Å². The summed E-state index contributed by atoms with van der Waals surface area (Å²) in [5.74, 6) is 0.236. The maximum Gasteiger partial charge on any atom is 0.290 e. The summed E-state index contributed by atoms with van der Waals surface area (Å²) < 4.78 is 27.0. The number of rotatable bonds is 4. The van der Waals surface area contributed by atoms with Crippen molar-refractivity contribution >= 4 is 27.2 Å². The van der Waals surface area contributed by atoms with Crippen molar-refractivity contribution in [1.82, 2.24) is 4.98 Å². The molecule has 2 aromatic rings. The smallest absolute Gasteiger partial charge is 0.290 e. The lowest BCUT2D eigenvalue weighted by Crippen LogP contribution is -2.16. The van der Waals surface area contributed by atoms with E-state index in [1.807, 2.05) is 0 Å². The third-order valence-corrected chi connectivity index (χ3v) is 4.27. The molecule has 0 aliphatic rings. The number of nitro groups is 1. The predicted molar refractivity (Wildman–Crippen MR) is 77.3 cm³/mol. The number of aryl methyl sites for hydroxylation is 1. The van der Waals surface area contributed by atoms with Crippen molar-refractivity contribution in [3.63, 3.8) is 0 Å². The van der Waals surface area contributed by atoms with Gasteiger partial charge in [-0.3, -0.25) is 14.8 Å². The van der Waals surface area contributed by atoms with Crippen molar-refractivity contribution in [2.45, 2.75) is 11.8 Å². The number of nitrogens with two attached hydrogens (primary N) is 1. The summed E-state index contributed by atoms with van der Waals surface area (Å²) in [5.41, 5.74) is 5.38. The van der Waals surface area contributed by atoms with Gasteiger partial charge in [-0.2, -0.15) is 0 Å². The van der Waals surface area contributed by atoms with Gasteiger partial charge in [-0.15, -0.1) is 0 Å². The Morgan fingerprint density at radius 3 is 2.57 bits per heavy atom. The van der Waals surface area contributed by atoms with E-state index >= 15 is 0 Å². The second-order valence-electron chi connectivity index (χ2n) is 4.26. The molecular formula is C12H12N4O4S. The van der Waals surface area contributed by atoms with Crippen LogP contribution in [0.4, 0.5) is 17.2 Å². The van der Waals surface area contributed by atoms with Crippen LogP contribution < -0.4 is 10.5 Å². The van der Waals surface area contributed by atoms with Crippen LogP contribution in [0.25, 0.3) is 0 Å². The lowest BCUT2D eigenvalue weighted by Gasteiger charge is -2.10. The summed E-state index contributed by atoms with van der Waals surface area (Å²) in [4.78, 5) is 13.7. The fraction of sp³-hybridized carbons (Fsp3) is 0.0833. The average molecular weight is 308 g/mol. The highest BCUT2D eigenvalue weighted by molar-refractivity contribution is 7.93. The van der Waals surface area contributed by atoms with Gasteiger partial charge in [-0.05, 0) is 24.6 Å². The van der Waals surface area contributed by atoms with Gasteiger partial charge < -0.3 is 5.73 Å². The van der Waals surface area contributed by atoms with E-state index < -0.39 is 20.6 Å². The van der Waals surface area contributed by atoms with E-state index in [-0.39, 0.29) is 22.0 Å². The van der Waals surface area contributed by atoms with Crippen molar-refractivity contribution in [1.29, 1.82) is 0 Å². The van der Waals surface area contributed by atoms with E-state index in [1.54, 1.807) is 0 Å². The fourth-order valence-electron chi connectivity index (χ4n) is 1.80. The number of nitrogens with zero attached hydrogens (tertiary/aromatic N) is 2. The van der Waals surface area contributed by atoms with Gasteiger partial charge in [0.15, 0.2) is 4.90 Å². The standard InChI is InChI=1S/C12H12N4O4S/c1-8-3-2-4-10(16(17)18)12(8)21(19,20)15-9-5-6-11(13)14-7-9/h2-7,15H,1H3,(H2,13,14). The van der Waals surface area contributed by atoms with Crippen LogP contribution in [-0.4, -0.2) is 18.3 Å². The molecule has 0 radical (unpaired) electrons. The normalized spacial score (nSPS) is 11.1. The summed E-state index contributed by atoms with van der Waals surface area (Å²) >= 11 is 0. The van der Waals surface area contributed by atoms with Crippen LogP contribution in [0, 0.1) is 17.0 Å². The fourth-order valence-corrected chi connectivity index (χ4v) is 3.25. The van der Waals surface area contributed by atoms with E-state index in [2.05, 4.69) is 9.71 Å². The molecule has 9 heteroatoms. The molecule has 0 aliphatic carbocycles. The Morgan fingerprint density at radius 1 is 1.29 bits per heavy atom. The Labute approximate surface area is 120 Å². The number of hydrogen-bond acceptors (Lipinski definition) is 6. The zero-order valence-corrected chi connectivity index (χ0v) is 11.8. The first-order valence-electron chi connectivity index (χ1n) is 5.79. The monoisotopic (exact) mass is 308 g/mol. The molecule has 21 heavy (non-hydrogen) atoms. The lowest BCUT2D eigenvalue weighted by atomic mass is 10.2. The number of benzene rings is 1. The van der Waals surface area contributed by atoms with Crippen LogP contribution >= 0.6 is 0 Å². The summed E-state index contributed by atoms with van der Waals surface area (Å²) in [6, 6.07) is 6.90. The molecule has 8 nitrogen and oxygen atoms in total. The minimum absolute atomic E-state index is 0.168. The van der Waals surface area contributed by atoms with Crippen LogP contribution in [0.5, 0.6) is 0 Å². The van der Waals surface area contributed by atoms with Crippen molar-refractivity contribution in [2.24, 2.45) is 0 Å². The van der Waals surface area contributed by atoms with Crippen LogP contribution in [-0.2, 0) is 10.0 Å². The molecule has 0 bridgehead atoms. The molecule has 3 N–H and O–H groups in total. The Balaban J connectivity index is 2.49. The molecule has 2 rings (SSSR count). The van der Waals surface area contributed by atoms with E-state index in [9.17, 15) is 18.5 Å². The first-order chi connectivity index (χ1) is 9.81. The number of aromatic nitrogens is 1. The Morgan fingerprint density at radius 2 is 2.00 bits per heavy atom. The SMILES string of the molecule is Cc1cccc([N+](=O)[O-])c1S(=O)(=O)Nc1ccc(N)nc1. The van der Waals surface area contributed by atoms with E-state index in [4.69, 9.17) is 5.73 Å². The Kier molecular flexibility index (Phi) is 3.76. The van der Waals surface area contributed by atoms with Gasteiger partial charge in [0.05, 0.1) is 16.8 Å². The number of sulfonamides is 1. The summed E-state index contributed by atoms with van der Waals surface area (Å²) in [5, 5.41) is 11.0. The van der Waals surface area contributed by atoms with Crippen molar-refractivity contribution in [3.8, 4) is 0 Å². The minimum atomic E-state index is -4.11. The largest absolute Gasteiger partial charge is 0.384 e. The summed E-state index contributed by atoms with van der Waals surface area (Å²) in [6.45, 7) is 1.49. The molecule has 0 atom stereocenters.